The van der Waals surface area contributed by atoms with Crippen molar-refractivity contribution in [2.75, 3.05) is 0 Å². The molecule has 0 fully saturated rings. The van der Waals surface area contributed by atoms with Crippen molar-refractivity contribution in [2.45, 2.75) is 0 Å². The quantitative estimate of drug-likeness (QED) is 0.577. The summed E-state index contributed by atoms with van der Waals surface area (Å²) in [5, 5.41) is 1.14. The van der Waals surface area contributed by atoms with Gasteiger partial charge in [0.05, 0.1) is 0 Å². The van der Waals surface area contributed by atoms with Crippen LogP contribution in [0.25, 0.3) is 11.1 Å². The maximum Gasteiger partial charge on any atom is 0.233 e. The van der Waals surface area contributed by atoms with Gasteiger partial charge in [-0.25, -0.2) is 0 Å². The third kappa shape index (κ3) is 2.33. The van der Waals surface area contributed by atoms with Gasteiger partial charge in [0, 0.05) is 0 Å². The van der Waals surface area contributed by atoms with Gasteiger partial charge < -0.3 is 0 Å². The summed E-state index contributed by atoms with van der Waals surface area (Å²) >= 11 is 6.69. The fraction of sp³-hybridized carbons (Fsp3) is 0. The first kappa shape index (κ1) is 12.9. The van der Waals surface area contributed by atoms with E-state index in [1.54, 1.807) is 0 Å². The maximum absolute atomic E-state index is 6.69. The van der Waals surface area contributed by atoms with Gasteiger partial charge in [0.25, 0.3) is 0 Å². The van der Waals surface area contributed by atoms with Crippen molar-refractivity contribution in [3.8, 4) is 11.1 Å². The van der Waals surface area contributed by atoms with Crippen LogP contribution in [0, 0.1) is 0 Å². The molecule has 2 aromatic rings. The van der Waals surface area contributed by atoms with E-state index in [4.69, 9.17) is 11.1 Å². The molecular weight excluding hydrogens is 256 g/mol. The number of benzene rings is 2. The van der Waals surface area contributed by atoms with Gasteiger partial charge in [-0.2, -0.15) is 0 Å². The Hall–Kier alpha value is -1.57. The predicted octanol–water partition coefficient (Wildman–Crippen LogP) is 4.20. The van der Waals surface area contributed by atoms with E-state index in [2.05, 4.69) is 37.4 Å². The van der Waals surface area contributed by atoms with Crippen LogP contribution in [0.2, 0.25) is 0 Å². The summed E-state index contributed by atoms with van der Waals surface area (Å²) in [6.45, 7) is 7.75. The van der Waals surface area contributed by atoms with Crippen LogP contribution in [0.5, 0.6) is 0 Å². The minimum absolute atomic E-state index is 1.14. The Kier molecular flexibility index (Phi) is 3.85. The number of hydrogen-bond acceptors (Lipinski definition) is 0. The zero-order valence-corrected chi connectivity index (χ0v) is 11.9. The molecule has 0 radical (unpaired) electrons. The van der Waals surface area contributed by atoms with Crippen LogP contribution < -0.4 is 5.19 Å². The van der Waals surface area contributed by atoms with Crippen LogP contribution >= 0.6 is 11.1 Å². The lowest BCUT2D eigenvalue weighted by Gasteiger charge is -2.20. The maximum atomic E-state index is 6.69. The summed E-state index contributed by atoms with van der Waals surface area (Å²) in [5.74, 6) is 0. The van der Waals surface area contributed by atoms with Crippen LogP contribution in [-0.2, 0) is 0 Å². The molecule has 0 aromatic heterocycles. The molecule has 0 aliphatic rings. The fourth-order valence-corrected chi connectivity index (χ4v) is 4.08. The monoisotopic (exact) mass is 270 g/mol. The zero-order valence-electron chi connectivity index (χ0n) is 10.1. The van der Waals surface area contributed by atoms with Crippen LogP contribution in [0.3, 0.4) is 0 Å². The van der Waals surface area contributed by atoms with E-state index in [0.29, 0.717) is 0 Å². The third-order valence-corrected chi connectivity index (χ3v) is 7.01. The standard InChI is InChI=1S/C16H15ClSi/c1-3-18(17,4-2)16-13-9-8-12-15(16)14-10-6-5-7-11-14/h3-13H,1-2H2. The Labute approximate surface area is 114 Å². The lowest BCUT2D eigenvalue weighted by Crippen LogP contribution is -2.39. The van der Waals surface area contributed by atoms with Gasteiger partial charge in [-0.1, -0.05) is 66.0 Å². The van der Waals surface area contributed by atoms with Gasteiger partial charge in [0.1, 0.15) is 0 Å². The van der Waals surface area contributed by atoms with Crippen molar-refractivity contribution < 1.29 is 0 Å². The van der Waals surface area contributed by atoms with E-state index in [-0.39, 0.29) is 0 Å². The molecule has 0 amide bonds. The molecule has 0 N–H and O–H groups in total. The molecule has 2 heteroatoms. The minimum atomic E-state index is -2.30. The van der Waals surface area contributed by atoms with Crippen molar-refractivity contribution in [2.24, 2.45) is 0 Å². The van der Waals surface area contributed by atoms with E-state index >= 15 is 0 Å². The highest BCUT2D eigenvalue weighted by atomic mass is 35.6. The first-order valence-electron chi connectivity index (χ1n) is 5.82. The second-order valence-electron chi connectivity index (χ2n) is 4.09. The molecule has 0 aliphatic heterocycles. The van der Waals surface area contributed by atoms with Gasteiger partial charge in [0.2, 0.25) is 7.38 Å². The van der Waals surface area contributed by atoms with E-state index in [9.17, 15) is 0 Å². The van der Waals surface area contributed by atoms with Crippen LogP contribution in [0.1, 0.15) is 0 Å². The van der Waals surface area contributed by atoms with Crippen molar-refractivity contribution in [3.05, 3.63) is 79.2 Å². The van der Waals surface area contributed by atoms with Crippen molar-refractivity contribution in [1.82, 2.24) is 0 Å². The van der Waals surface area contributed by atoms with Crippen LogP contribution in [0.15, 0.2) is 79.2 Å². The van der Waals surface area contributed by atoms with E-state index in [1.807, 2.05) is 41.7 Å². The highest BCUT2D eigenvalue weighted by Gasteiger charge is 2.28. The molecule has 90 valence electrons. The average Bonchev–Trinajstić information content (AvgIpc) is 2.47. The first-order chi connectivity index (χ1) is 8.71. The van der Waals surface area contributed by atoms with Gasteiger partial charge in [-0.3, -0.25) is 0 Å². The molecule has 0 unspecified atom stereocenters. The minimum Gasteiger partial charge on any atom is -0.150 e. The van der Waals surface area contributed by atoms with Crippen LogP contribution in [-0.4, -0.2) is 7.38 Å². The number of halogens is 1. The Morgan fingerprint density at radius 3 is 2.00 bits per heavy atom. The molecule has 0 atom stereocenters. The number of hydrogen-bond donors (Lipinski definition) is 0. The van der Waals surface area contributed by atoms with E-state index in [0.717, 1.165) is 5.19 Å². The van der Waals surface area contributed by atoms with Crippen LogP contribution in [0.4, 0.5) is 0 Å². The number of rotatable bonds is 4. The van der Waals surface area contributed by atoms with Crippen molar-refractivity contribution in [3.63, 3.8) is 0 Å². The highest BCUT2D eigenvalue weighted by molar-refractivity contribution is 7.33. The first-order valence-corrected chi connectivity index (χ1v) is 8.99. The fourth-order valence-electron chi connectivity index (χ4n) is 1.99. The lowest BCUT2D eigenvalue weighted by molar-refractivity contribution is 1.64. The molecular formula is C16H15ClSi. The van der Waals surface area contributed by atoms with Crippen molar-refractivity contribution in [1.29, 1.82) is 0 Å². The molecule has 0 aliphatic carbocycles. The highest BCUT2D eigenvalue weighted by Crippen LogP contribution is 2.22. The zero-order chi connectivity index (χ0) is 13.0. The topological polar surface area (TPSA) is 0 Å². The molecule has 2 aromatic carbocycles. The molecule has 0 nitrogen and oxygen atoms in total. The summed E-state index contributed by atoms with van der Waals surface area (Å²) in [6.07, 6.45) is 0. The molecule has 0 bridgehead atoms. The average molecular weight is 271 g/mol. The predicted molar refractivity (Wildman–Crippen MR) is 83.5 cm³/mol. The summed E-state index contributed by atoms with van der Waals surface area (Å²) < 4.78 is 0. The molecule has 18 heavy (non-hydrogen) atoms. The normalized spacial score (nSPS) is 10.9. The smallest absolute Gasteiger partial charge is 0.150 e. The summed E-state index contributed by atoms with van der Waals surface area (Å²) in [6, 6.07) is 18.5. The Morgan fingerprint density at radius 2 is 1.39 bits per heavy atom. The van der Waals surface area contributed by atoms with Gasteiger partial charge >= 0.3 is 0 Å². The molecule has 0 spiro atoms. The Balaban J connectivity index is 2.64. The summed E-state index contributed by atoms with van der Waals surface area (Å²) in [7, 11) is -2.30. The van der Waals surface area contributed by atoms with Gasteiger partial charge in [-0.15, -0.1) is 24.2 Å². The van der Waals surface area contributed by atoms with Crippen molar-refractivity contribution >= 4 is 23.6 Å². The largest absolute Gasteiger partial charge is 0.233 e. The second kappa shape index (κ2) is 5.38. The van der Waals surface area contributed by atoms with Gasteiger partial charge in [-0.05, 0) is 16.3 Å². The van der Waals surface area contributed by atoms with Gasteiger partial charge in [0.15, 0.2) is 0 Å². The molecule has 0 saturated carbocycles. The lowest BCUT2D eigenvalue weighted by atomic mass is 10.1. The molecule has 2 rings (SSSR count). The third-order valence-electron chi connectivity index (χ3n) is 3.02. The Bertz CT molecular complexity index is 552. The molecule has 0 heterocycles. The summed E-state index contributed by atoms with van der Waals surface area (Å²) in [4.78, 5) is 0. The second-order valence-corrected chi connectivity index (χ2v) is 8.86. The SMILES string of the molecule is C=C[Si](Cl)(C=C)c1ccccc1-c1ccccc1. The Morgan fingerprint density at radius 1 is 0.833 bits per heavy atom. The summed E-state index contributed by atoms with van der Waals surface area (Å²) in [5.41, 5.74) is 6.04. The molecule has 0 saturated heterocycles. The van der Waals surface area contributed by atoms with E-state index < -0.39 is 7.38 Å². The van der Waals surface area contributed by atoms with E-state index in [1.165, 1.54) is 11.1 Å².